The summed E-state index contributed by atoms with van der Waals surface area (Å²) in [6, 6.07) is 0. The number of carbonyl (C=O) groups is 1. The lowest BCUT2D eigenvalue weighted by Crippen LogP contribution is -2.51. The minimum Gasteiger partial charge on any atom is -0.481 e. The number of hydrogen-bond acceptors (Lipinski definition) is 4. The van der Waals surface area contributed by atoms with Crippen LogP contribution in [0.5, 0.6) is 0 Å². The van der Waals surface area contributed by atoms with E-state index in [9.17, 15) is 9.90 Å². The molecule has 3 unspecified atom stereocenters. The molecule has 0 spiro atoms. The minimum absolute atomic E-state index is 0.172. The predicted molar refractivity (Wildman–Crippen MR) is 59.3 cm³/mol. The number of aliphatic carboxylic acids is 1. The summed E-state index contributed by atoms with van der Waals surface area (Å²) in [7, 11) is 0. The molecule has 2 rings (SSSR count). The Hall–Kier alpha value is -1.17. The van der Waals surface area contributed by atoms with Crippen LogP contribution >= 0.6 is 0 Å². The van der Waals surface area contributed by atoms with Gasteiger partial charge in [0.25, 0.3) is 0 Å². The Morgan fingerprint density at radius 1 is 1.41 bits per heavy atom. The van der Waals surface area contributed by atoms with Crippen molar-refractivity contribution in [1.82, 2.24) is 0 Å². The van der Waals surface area contributed by atoms with Crippen LogP contribution in [0, 0.1) is 5.92 Å². The van der Waals surface area contributed by atoms with Gasteiger partial charge in [-0.2, -0.15) is 0 Å². The zero-order chi connectivity index (χ0) is 12.7. The number of hydrogen-bond donors (Lipinski definition) is 2. The van der Waals surface area contributed by atoms with Gasteiger partial charge in [0.2, 0.25) is 0 Å². The first kappa shape index (κ1) is 12.3. The van der Waals surface area contributed by atoms with Crippen LogP contribution in [0.25, 0.3) is 0 Å². The van der Waals surface area contributed by atoms with E-state index in [0.717, 1.165) is 0 Å². The van der Waals surface area contributed by atoms with Crippen molar-refractivity contribution in [2.75, 3.05) is 6.61 Å². The maximum atomic E-state index is 11.1. The number of allylic oxidation sites excluding steroid dienone is 2. The van der Waals surface area contributed by atoms with E-state index in [2.05, 4.69) is 0 Å². The Balaban J connectivity index is 2.25. The summed E-state index contributed by atoms with van der Waals surface area (Å²) in [5.74, 6) is -2.89. The Kier molecular flexibility index (Phi) is 2.85. The third-order valence-corrected chi connectivity index (χ3v) is 3.07. The second-order valence-corrected chi connectivity index (χ2v) is 4.76. The zero-order valence-electron chi connectivity index (χ0n) is 9.79. The highest BCUT2D eigenvalue weighted by Gasteiger charge is 2.51. The maximum absolute atomic E-state index is 11.1. The lowest BCUT2D eigenvalue weighted by Gasteiger charge is -2.35. The van der Waals surface area contributed by atoms with Gasteiger partial charge in [-0.05, 0) is 19.9 Å². The van der Waals surface area contributed by atoms with Gasteiger partial charge in [0.1, 0.15) is 17.6 Å². The molecule has 0 amide bonds. The topological polar surface area (TPSA) is 76.0 Å². The molecule has 1 heterocycles. The average Bonchev–Trinajstić information content (AvgIpc) is 2.59. The average molecular weight is 240 g/mol. The lowest BCUT2D eigenvalue weighted by atomic mass is 9.79. The summed E-state index contributed by atoms with van der Waals surface area (Å²) >= 11 is 0. The lowest BCUT2D eigenvalue weighted by molar-refractivity contribution is -0.175. The molecular formula is C12H16O5. The fraction of sp³-hybridized carbons (Fsp3) is 0.583. The van der Waals surface area contributed by atoms with Gasteiger partial charge in [0.15, 0.2) is 5.79 Å². The summed E-state index contributed by atoms with van der Waals surface area (Å²) in [5, 5.41) is 19.6. The molecule has 1 fully saturated rings. The summed E-state index contributed by atoms with van der Waals surface area (Å²) in [5.41, 5.74) is -1.56. The third-order valence-electron chi connectivity index (χ3n) is 3.07. The Morgan fingerprint density at radius 2 is 2.12 bits per heavy atom. The SMILES string of the molecule is CC1(C)OCC(C2(O)C=CC=CC2C(=O)O)O1. The number of carboxylic acids is 1. The number of rotatable bonds is 2. The number of aliphatic hydroxyl groups is 1. The number of carboxylic acid groups (broad SMARTS) is 1. The van der Waals surface area contributed by atoms with Gasteiger partial charge in [-0.1, -0.05) is 18.2 Å². The van der Waals surface area contributed by atoms with E-state index in [1.54, 1.807) is 26.0 Å². The molecule has 3 atom stereocenters. The monoisotopic (exact) mass is 240 g/mol. The van der Waals surface area contributed by atoms with Crippen LogP contribution in [0.2, 0.25) is 0 Å². The Morgan fingerprint density at radius 3 is 2.65 bits per heavy atom. The number of ether oxygens (including phenoxy) is 2. The van der Waals surface area contributed by atoms with Gasteiger partial charge in [-0.3, -0.25) is 4.79 Å². The molecule has 0 saturated carbocycles. The van der Waals surface area contributed by atoms with Crippen LogP contribution in [0.3, 0.4) is 0 Å². The van der Waals surface area contributed by atoms with Gasteiger partial charge in [-0.15, -0.1) is 0 Å². The molecule has 1 aliphatic carbocycles. The van der Waals surface area contributed by atoms with Gasteiger partial charge < -0.3 is 19.7 Å². The van der Waals surface area contributed by atoms with E-state index in [0.29, 0.717) is 0 Å². The van der Waals surface area contributed by atoms with Crippen molar-refractivity contribution in [3.8, 4) is 0 Å². The molecule has 5 heteroatoms. The van der Waals surface area contributed by atoms with Crippen LogP contribution in [-0.2, 0) is 14.3 Å². The quantitative estimate of drug-likeness (QED) is 0.743. The summed E-state index contributed by atoms with van der Waals surface area (Å²) in [4.78, 5) is 11.1. The van der Waals surface area contributed by atoms with Crippen molar-refractivity contribution < 1.29 is 24.5 Å². The molecule has 0 aromatic rings. The maximum Gasteiger partial charge on any atom is 0.313 e. The second-order valence-electron chi connectivity index (χ2n) is 4.76. The Labute approximate surface area is 99.3 Å². The largest absolute Gasteiger partial charge is 0.481 e. The minimum atomic E-state index is -1.56. The van der Waals surface area contributed by atoms with Crippen molar-refractivity contribution in [2.24, 2.45) is 5.92 Å². The molecule has 0 bridgehead atoms. The molecule has 1 saturated heterocycles. The molecule has 17 heavy (non-hydrogen) atoms. The predicted octanol–water partition coefficient (Wildman–Crippen LogP) is 0.696. The normalized spacial score (nSPS) is 39.5. The molecule has 2 N–H and O–H groups in total. The highest BCUT2D eigenvalue weighted by molar-refractivity contribution is 5.75. The third kappa shape index (κ3) is 2.13. The summed E-state index contributed by atoms with van der Waals surface area (Å²) < 4.78 is 10.9. The highest BCUT2D eigenvalue weighted by atomic mass is 16.7. The fourth-order valence-electron chi connectivity index (χ4n) is 2.15. The van der Waals surface area contributed by atoms with Crippen LogP contribution in [0.4, 0.5) is 0 Å². The van der Waals surface area contributed by atoms with E-state index in [4.69, 9.17) is 14.6 Å². The van der Waals surface area contributed by atoms with Crippen molar-refractivity contribution >= 4 is 5.97 Å². The second kappa shape index (κ2) is 3.94. The van der Waals surface area contributed by atoms with E-state index in [-0.39, 0.29) is 6.61 Å². The van der Waals surface area contributed by atoms with E-state index in [1.165, 1.54) is 12.2 Å². The van der Waals surface area contributed by atoms with E-state index < -0.39 is 29.4 Å². The molecule has 5 nitrogen and oxygen atoms in total. The van der Waals surface area contributed by atoms with Gasteiger partial charge in [-0.25, -0.2) is 0 Å². The Bertz CT molecular complexity index is 384. The van der Waals surface area contributed by atoms with Crippen molar-refractivity contribution in [3.05, 3.63) is 24.3 Å². The van der Waals surface area contributed by atoms with Gasteiger partial charge >= 0.3 is 5.97 Å². The molecule has 2 aliphatic rings. The molecule has 94 valence electrons. The van der Waals surface area contributed by atoms with Crippen LogP contribution in [-0.4, -0.2) is 40.3 Å². The van der Waals surface area contributed by atoms with Crippen molar-refractivity contribution in [1.29, 1.82) is 0 Å². The van der Waals surface area contributed by atoms with Gasteiger partial charge in [0.05, 0.1) is 6.61 Å². The fourth-order valence-corrected chi connectivity index (χ4v) is 2.15. The van der Waals surface area contributed by atoms with Crippen LogP contribution < -0.4 is 0 Å². The first-order valence-electron chi connectivity index (χ1n) is 5.48. The standard InChI is InChI=1S/C12H16O5/c1-11(2)16-7-9(17-11)12(15)6-4-3-5-8(12)10(13)14/h3-6,8-9,15H,7H2,1-2H3,(H,13,14). The van der Waals surface area contributed by atoms with Crippen molar-refractivity contribution in [2.45, 2.75) is 31.3 Å². The summed E-state index contributed by atoms with van der Waals surface area (Å²) in [6.45, 7) is 3.63. The zero-order valence-corrected chi connectivity index (χ0v) is 9.79. The first-order valence-corrected chi connectivity index (χ1v) is 5.48. The van der Waals surface area contributed by atoms with Crippen molar-refractivity contribution in [3.63, 3.8) is 0 Å². The van der Waals surface area contributed by atoms with E-state index >= 15 is 0 Å². The van der Waals surface area contributed by atoms with Gasteiger partial charge in [0, 0.05) is 0 Å². The molecule has 0 aromatic heterocycles. The summed E-state index contributed by atoms with van der Waals surface area (Å²) in [6.07, 6.45) is 5.46. The van der Waals surface area contributed by atoms with E-state index in [1.807, 2.05) is 0 Å². The smallest absolute Gasteiger partial charge is 0.313 e. The highest BCUT2D eigenvalue weighted by Crippen LogP contribution is 2.36. The molecular weight excluding hydrogens is 224 g/mol. The molecule has 1 aliphatic heterocycles. The van der Waals surface area contributed by atoms with Crippen LogP contribution in [0.15, 0.2) is 24.3 Å². The van der Waals surface area contributed by atoms with Crippen LogP contribution in [0.1, 0.15) is 13.8 Å². The molecule has 0 radical (unpaired) electrons. The first-order chi connectivity index (χ1) is 7.85. The molecule has 0 aromatic carbocycles.